The molecule has 0 aliphatic carbocycles. The Morgan fingerprint density at radius 3 is 2.35 bits per heavy atom. The Hall–Kier alpha value is -1.35. The van der Waals surface area contributed by atoms with Crippen LogP contribution in [0.2, 0.25) is 0 Å². The van der Waals surface area contributed by atoms with Crippen molar-refractivity contribution in [2.45, 2.75) is 40.5 Å². The van der Waals surface area contributed by atoms with Gasteiger partial charge >= 0.3 is 0 Å². The average molecular weight is 276 g/mol. The van der Waals surface area contributed by atoms with Crippen LogP contribution in [0.1, 0.15) is 38.3 Å². The van der Waals surface area contributed by atoms with Gasteiger partial charge in [-0.1, -0.05) is 50.6 Å². The number of hydrogen-bond acceptors (Lipinski definition) is 2. The van der Waals surface area contributed by atoms with E-state index < -0.39 is 0 Å². The molecule has 112 valence electrons. The standard InChI is InChI=1S/C17H28N2O/c1-5-10-19(13-17(3,4)12-18)16(20)11-15-8-6-14(2)7-9-15/h6-9H,5,10-13,18H2,1-4H3. The number of aryl methyl sites for hydroxylation is 1. The number of hydrogen-bond donors (Lipinski definition) is 1. The minimum absolute atomic E-state index is 0.0297. The number of nitrogens with zero attached hydrogens (tertiary/aromatic N) is 1. The molecule has 2 N–H and O–H groups in total. The molecule has 0 aromatic heterocycles. The van der Waals surface area contributed by atoms with Crippen molar-refractivity contribution >= 4 is 5.91 Å². The van der Waals surface area contributed by atoms with Gasteiger partial charge in [-0.15, -0.1) is 0 Å². The maximum atomic E-state index is 12.5. The lowest BCUT2D eigenvalue weighted by atomic mass is 9.92. The molecule has 0 atom stereocenters. The quantitative estimate of drug-likeness (QED) is 0.832. The molecule has 1 amide bonds. The zero-order valence-electron chi connectivity index (χ0n) is 13.3. The lowest BCUT2D eigenvalue weighted by Gasteiger charge is -2.32. The van der Waals surface area contributed by atoms with E-state index in [1.165, 1.54) is 5.56 Å². The maximum Gasteiger partial charge on any atom is 0.227 e. The van der Waals surface area contributed by atoms with Gasteiger partial charge in [0.25, 0.3) is 0 Å². The lowest BCUT2D eigenvalue weighted by Crippen LogP contribution is -2.43. The number of rotatable bonds is 7. The molecule has 3 nitrogen and oxygen atoms in total. The van der Waals surface area contributed by atoms with Crippen molar-refractivity contribution in [3.63, 3.8) is 0 Å². The van der Waals surface area contributed by atoms with Crippen molar-refractivity contribution in [3.8, 4) is 0 Å². The molecule has 20 heavy (non-hydrogen) atoms. The Morgan fingerprint density at radius 1 is 1.25 bits per heavy atom. The molecule has 0 unspecified atom stereocenters. The Labute approximate surface area is 123 Å². The third-order valence-corrected chi connectivity index (χ3v) is 3.49. The summed E-state index contributed by atoms with van der Waals surface area (Å²) in [6.45, 7) is 10.5. The minimum Gasteiger partial charge on any atom is -0.342 e. The van der Waals surface area contributed by atoms with Crippen molar-refractivity contribution in [1.82, 2.24) is 4.90 Å². The Kier molecular flexibility index (Phi) is 6.21. The molecule has 0 bridgehead atoms. The maximum absolute atomic E-state index is 12.5. The molecule has 0 saturated carbocycles. The topological polar surface area (TPSA) is 46.3 Å². The normalized spacial score (nSPS) is 11.4. The highest BCUT2D eigenvalue weighted by molar-refractivity contribution is 5.78. The van der Waals surface area contributed by atoms with E-state index in [1.807, 2.05) is 17.0 Å². The van der Waals surface area contributed by atoms with Crippen LogP contribution in [0.25, 0.3) is 0 Å². The predicted octanol–water partition coefficient (Wildman–Crippen LogP) is 2.76. The van der Waals surface area contributed by atoms with Crippen LogP contribution in [0.5, 0.6) is 0 Å². The SMILES string of the molecule is CCCN(CC(C)(C)CN)C(=O)Cc1ccc(C)cc1. The molecule has 1 rings (SSSR count). The van der Waals surface area contributed by atoms with Crippen LogP contribution in [-0.4, -0.2) is 30.4 Å². The van der Waals surface area contributed by atoms with Gasteiger partial charge in [-0.3, -0.25) is 4.79 Å². The van der Waals surface area contributed by atoms with Gasteiger partial charge in [0.2, 0.25) is 5.91 Å². The second-order valence-corrected chi connectivity index (χ2v) is 6.35. The molecule has 0 fully saturated rings. The first-order chi connectivity index (χ1) is 9.38. The van der Waals surface area contributed by atoms with Crippen molar-refractivity contribution < 1.29 is 4.79 Å². The van der Waals surface area contributed by atoms with E-state index in [0.717, 1.165) is 25.1 Å². The first kappa shape index (κ1) is 16.7. The summed E-state index contributed by atoms with van der Waals surface area (Å²) in [5.74, 6) is 0.192. The molecule has 1 aromatic carbocycles. The van der Waals surface area contributed by atoms with Gasteiger partial charge in [0.05, 0.1) is 6.42 Å². The third-order valence-electron chi connectivity index (χ3n) is 3.49. The predicted molar refractivity (Wildman–Crippen MR) is 84.6 cm³/mol. The van der Waals surface area contributed by atoms with Crippen LogP contribution in [0.15, 0.2) is 24.3 Å². The highest BCUT2D eigenvalue weighted by Gasteiger charge is 2.23. The van der Waals surface area contributed by atoms with Crippen molar-refractivity contribution in [2.24, 2.45) is 11.1 Å². The fourth-order valence-electron chi connectivity index (χ4n) is 2.14. The molecular formula is C17H28N2O. The molecule has 0 aliphatic heterocycles. The van der Waals surface area contributed by atoms with Crippen LogP contribution in [0, 0.1) is 12.3 Å². The summed E-state index contributed by atoms with van der Waals surface area (Å²) >= 11 is 0. The van der Waals surface area contributed by atoms with E-state index in [4.69, 9.17) is 5.73 Å². The highest BCUT2D eigenvalue weighted by Crippen LogP contribution is 2.16. The van der Waals surface area contributed by atoms with E-state index in [-0.39, 0.29) is 11.3 Å². The van der Waals surface area contributed by atoms with Gasteiger partial charge in [0.15, 0.2) is 0 Å². The summed E-state index contributed by atoms with van der Waals surface area (Å²) in [5, 5.41) is 0. The first-order valence-electron chi connectivity index (χ1n) is 7.41. The second kappa shape index (κ2) is 7.44. The van der Waals surface area contributed by atoms with Crippen molar-refractivity contribution in [1.29, 1.82) is 0 Å². The van der Waals surface area contributed by atoms with Crippen LogP contribution in [-0.2, 0) is 11.2 Å². The van der Waals surface area contributed by atoms with E-state index in [2.05, 4.69) is 39.8 Å². The van der Waals surface area contributed by atoms with Crippen LogP contribution in [0.3, 0.4) is 0 Å². The fraction of sp³-hybridized carbons (Fsp3) is 0.588. The van der Waals surface area contributed by atoms with Gasteiger partial charge in [0, 0.05) is 13.1 Å². The number of nitrogens with two attached hydrogens (primary N) is 1. The third kappa shape index (κ3) is 5.33. The number of benzene rings is 1. The summed E-state index contributed by atoms with van der Waals surface area (Å²) in [6.07, 6.45) is 1.45. The molecule has 0 saturated heterocycles. The van der Waals surface area contributed by atoms with Gasteiger partial charge in [0.1, 0.15) is 0 Å². The molecule has 0 radical (unpaired) electrons. The van der Waals surface area contributed by atoms with Crippen LogP contribution in [0.4, 0.5) is 0 Å². The van der Waals surface area contributed by atoms with E-state index >= 15 is 0 Å². The summed E-state index contributed by atoms with van der Waals surface area (Å²) in [6, 6.07) is 8.17. The molecule has 0 heterocycles. The zero-order valence-corrected chi connectivity index (χ0v) is 13.3. The monoisotopic (exact) mass is 276 g/mol. The van der Waals surface area contributed by atoms with Gasteiger partial charge in [-0.2, -0.15) is 0 Å². The zero-order chi connectivity index (χ0) is 15.2. The van der Waals surface area contributed by atoms with Gasteiger partial charge < -0.3 is 10.6 Å². The average Bonchev–Trinajstić information content (AvgIpc) is 2.40. The molecule has 0 spiro atoms. The molecule has 1 aromatic rings. The summed E-state index contributed by atoms with van der Waals surface area (Å²) in [7, 11) is 0. The smallest absolute Gasteiger partial charge is 0.227 e. The van der Waals surface area contributed by atoms with E-state index in [0.29, 0.717) is 13.0 Å². The summed E-state index contributed by atoms with van der Waals surface area (Å²) in [5.41, 5.74) is 8.05. The Morgan fingerprint density at radius 2 is 1.85 bits per heavy atom. The van der Waals surface area contributed by atoms with Crippen molar-refractivity contribution in [2.75, 3.05) is 19.6 Å². The van der Waals surface area contributed by atoms with Crippen LogP contribution < -0.4 is 5.73 Å². The van der Waals surface area contributed by atoms with Gasteiger partial charge in [-0.25, -0.2) is 0 Å². The number of carbonyl (C=O) groups excluding carboxylic acids is 1. The number of amides is 1. The molecular weight excluding hydrogens is 248 g/mol. The Balaban J connectivity index is 2.71. The Bertz CT molecular complexity index is 423. The van der Waals surface area contributed by atoms with E-state index in [1.54, 1.807) is 0 Å². The lowest BCUT2D eigenvalue weighted by molar-refractivity contribution is -0.131. The van der Waals surface area contributed by atoms with Crippen molar-refractivity contribution in [3.05, 3.63) is 35.4 Å². The van der Waals surface area contributed by atoms with Gasteiger partial charge in [-0.05, 0) is 30.9 Å². The minimum atomic E-state index is -0.0297. The largest absolute Gasteiger partial charge is 0.342 e. The molecule has 0 aliphatic rings. The fourth-order valence-corrected chi connectivity index (χ4v) is 2.14. The second-order valence-electron chi connectivity index (χ2n) is 6.35. The molecule has 3 heteroatoms. The van der Waals surface area contributed by atoms with E-state index in [9.17, 15) is 4.79 Å². The number of carbonyl (C=O) groups is 1. The highest BCUT2D eigenvalue weighted by atomic mass is 16.2. The summed E-state index contributed by atoms with van der Waals surface area (Å²) < 4.78 is 0. The first-order valence-corrected chi connectivity index (χ1v) is 7.41. The summed E-state index contributed by atoms with van der Waals surface area (Å²) in [4.78, 5) is 14.4. The van der Waals surface area contributed by atoms with Crippen LogP contribution >= 0.6 is 0 Å².